The third kappa shape index (κ3) is 1.13. The molecule has 0 N–H and O–H groups in total. The fraction of sp³-hybridized carbons (Fsp3) is 0.167. The van der Waals surface area contributed by atoms with Crippen LogP contribution in [0.5, 0.6) is 0 Å². The summed E-state index contributed by atoms with van der Waals surface area (Å²) >= 11 is 0. The van der Waals surface area contributed by atoms with Gasteiger partial charge in [-0.25, -0.2) is 0 Å². The molecule has 0 radical (unpaired) electrons. The summed E-state index contributed by atoms with van der Waals surface area (Å²) in [5.41, 5.74) is 4.59. The number of aryl methyl sites for hydroxylation is 2. The lowest BCUT2D eigenvalue weighted by atomic mass is 10.1. The quantitative estimate of drug-likeness (QED) is 0.554. The normalized spacial score (nSPS) is 11.3. The van der Waals surface area contributed by atoms with E-state index in [0.717, 1.165) is 5.65 Å². The van der Waals surface area contributed by atoms with Crippen molar-refractivity contribution in [2.75, 3.05) is 0 Å². The molecule has 2 aromatic heterocycles. The Bertz CT molecular complexity index is 652. The second-order valence-electron chi connectivity index (χ2n) is 3.91. The molecule has 3 aromatic rings. The van der Waals surface area contributed by atoms with E-state index in [2.05, 4.69) is 48.3 Å². The van der Waals surface area contributed by atoms with E-state index in [9.17, 15) is 0 Å². The third-order valence-electron chi connectivity index (χ3n) is 2.76. The van der Waals surface area contributed by atoms with Gasteiger partial charge in [-0.2, -0.15) is 0 Å². The molecule has 0 fully saturated rings. The molecule has 0 aliphatic rings. The molecule has 2 heterocycles. The minimum atomic E-state index is 0.906. The zero-order valence-corrected chi connectivity index (χ0v) is 8.73. The SMILES string of the molecule is Cc1ccc2c(c1)c(C)cc1nncn12. The standard InChI is InChI=1S/C12H11N3/c1-8-3-4-11-10(5-8)9(2)6-12-14-13-7-15(11)12/h3-7H,1-2H3. The highest BCUT2D eigenvalue weighted by atomic mass is 15.2. The number of hydrogen-bond acceptors (Lipinski definition) is 2. The van der Waals surface area contributed by atoms with Gasteiger partial charge in [0, 0.05) is 5.39 Å². The van der Waals surface area contributed by atoms with Crippen LogP contribution in [0.15, 0.2) is 30.6 Å². The van der Waals surface area contributed by atoms with E-state index >= 15 is 0 Å². The molecule has 0 atom stereocenters. The number of nitrogens with zero attached hydrogens (tertiary/aromatic N) is 3. The van der Waals surface area contributed by atoms with Crippen molar-refractivity contribution in [1.82, 2.24) is 14.6 Å². The van der Waals surface area contributed by atoms with Crippen LogP contribution < -0.4 is 0 Å². The summed E-state index contributed by atoms with van der Waals surface area (Å²) in [5, 5.41) is 9.26. The molecule has 3 nitrogen and oxygen atoms in total. The van der Waals surface area contributed by atoms with Gasteiger partial charge in [0.1, 0.15) is 6.33 Å². The van der Waals surface area contributed by atoms with Crippen LogP contribution in [0.4, 0.5) is 0 Å². The molecule has 0 bridgehead atoms. The maximum atomic E-state index is 4.07. The van der Waals surface area contributed by atoms with E-state index in [0.29, 0.717) is 0 Å². The van der Waals surface area contributed by atoms with Crippen LogP contribution in [0, 0.1) is 13.8 Å². The third-order valence-corrected chi connectivity index (χ3v) is 2.76. The van der Waals surface area contributed by atoms with Crippen LogP contribution in [0.25, 0.3) is 16.6 Å². The van der Waals surface area contributed by atoms with E-state index in [1.165, 1.54) is 22.0 Å². The van der Waals surface area contributed by atoms with Gasteiger partial charge in [-0.3, -0.25) is 4.40 Å². The molecule has 15 heavy (non-hydrogen) atoms. The Labute approximate surface area is 87.4 Å². The molecule has 1 aromatic carbocycles. The second-order valence-corrected chi connectivity index (χ2v) is 3.91. The van der Waals surface area contributed by atoms with Gasteiger partial charge in [-0.1, -0.05) is 11.6 Å². The van der Waals surface area contributed by atoms with Crippen molar-refractivity contribution in [2.24, 2.45) is 0 Å². The van der Waals surface area contributed by atoms with Gasteiger partial charge in [0.05, 0.1) is 5.52 Å². The summed E-state index contributed by atoms with van der Waals surface area (Å²) in [7, 11) is 0. The maximum Gasteiger partial charge on any atom is 0.161 e. The number of fused-ring (bicyclic) bond motifs is 3. The highest BCUT2D eigenvalue weighted by Gasteiger charge is 2.04. The van der Waals surface area contributed by atoms with Gasteiger partial charge in [0.25, 0.3) is 0 Å². The van der Waals surface area contributed by atoms with Gasteiger partial charge >= 0.3 is 0 Å². The number of benzene rings is 1. The van der Waals surface area contributed by atoms with E-state index in [-0.39, 0.29) is 0 Å². The zero-order valence-electron chi connectivity index (χ0n) is 8.73. The summed E-state index contributed by atoms with van der Waals surface area (Å²) in [6, 6.07) is 8.49. The molecule has 0 aliphatic carbocycles. The smallest absolute Gasteiger partial charge is 0.161 e. The fourth-order valence-electron chi connectivity index (χ4n) is 1.98. The van der Waals surface area contributed by atoms with Crippen molar-refractivity contribution in [3.05, 3.63) is 41.7 Å². The Morgan fingerprint density at radius 2 is 2.00 bits per heavy atom. The number of pyridine rings is 1. The van der Waals surface area contributed by atoms with Crippen LogP contribution in [-0.4, -0.2) is 14.6 Å². The zero-order chi connectivity index (χ0) is 10.4. The van der Waals surface area contributed by atoms with Gasteiger partial charge in [0.15, 0.2) is 5.65 Å². The van der Waals surface area contributed by atoms with Crippen LogP contribution >= 0.6 is 0 Å². The average Bonchev–Trinajstić information content (AvgIpc) is 2.66. The largest absolute Gasteiger partial charge is 0.281 e. The summed E-state index contributed by atoms with van der Waals surface area (Å²) in [5.74, 6) is 0. The van der Waals surface area contributed by atoms with Gasteiger partial charge in [-0.05, 0) is 37.6 Å². The topological polar surface area (TPSA) is 30.2 Å². The van der Waals surface area contributed by atoms with Crippen molar-refractivity contribution in [3.8, 4) is 0 Å². The van der Waals surface area contributed by atoms with E-state index < -0.39 is 0 Å². The summed E-state index contributed by atoms with van der Waals surface area (Å²) in [4.78, 5) is 0. The van der Waals surface area contributed by atoms with Crippen molar-refractivity contribution >= 4 is 16.6 Å². The molecule has 0 saturated heterocycles. The van der Waals surface area contributed by atoms with E-state index in [1.54, 1.807) is 6.33 Å². The molecule has 74 valence electrons. The average molecular weight is 197 g/mol. The number of rotatable bonds is 0. The molecule has 0 unspecified atom stereocenters. The van der Waals surface area contributed by atoms with Gasteiger partial charge in [0.2, 0.25) is 0 Å². The first kappa shape index (κ1) is 8.41. The first-order chi connectivity index (χ1) is 7.25. The molecule has 3 heteroatoms. The van der Waals surface area contributed by atoms with E-state index in [1.807, 2.05) is 4.40 Å². The number of aromatic nitrogens is 3. The van der Waals surface area contributed by atoms with Crippen LogP contribution in [0.2, 0.25) is 0 Å². The summed E-state index contributed by atoms with van der Waals surface area (Å²) < 4.78 is 2.02. The lowest BCUT2D eigenvalue weighted by molar-refractivity contribution is 1.11. The lowest BCUT2D eigenvalue weighted by Gasteiger charge is -2.05. The Kier molecular flexibility index (Phi) is 1.57. The maximum absolute atomic E-state index is 4.07. The van der Waals surface area contributed by atoms with Gasteiger partial charge < -0.3 is 0 Å². The van der Waals surface area contributed by atoms with Crippen molar-refractivity contribution < 1.29 is 0 Å². The highest BCUT2D eigenvalue weighted by Crippen LogP contribution is 2.21. The van der Waals surface area contributed by atoms with Crippen LogP contribution in [0.3, 0.4) is 0 Å². The lowest BCUT2D eigenvalue weighted by Crippen LogP contribution is -1.90. The fourth-order valence-corrected chi connectivity index (χ4v) is 1.98. The highest BCUT2D eigenvalue weighted by molar-refractivity contribution is 5.85. The Morgan fingerprint density at radius 3 is 2.87 bits per heavy atom. The Balaban J connectivity index is 2.61. The second kappa shape index (κ2) is 2.79. The molecule has 3 rings (SSSR count). The van der Waals surface area contributed by atoms with Gasteiger partial charge in [-0.15, -0.1) is 10.2 Å². The minimum absolute atomic E-state index is 0.906. The van der Waals surface area contributed by atoms with Crippen molar-refractivity contribution in [2.45, 2.75) is 13.8 Å². The predicted octanol–water partition coefficient (Wildman–Crippen LogP) is 2.50. The monoisotopic (exact) mass is 197 g/mol. The molecular formula is C12H11N3. The van der Waals surface area contributed by atoms with Crippen molar-refractivity contribution in [3.63, 3.8) is 0 Å². The molecule has 0 amide bonds. The molecule has 0 saturated carbocycles. The van der Waals surface area contributed by atoms with E-state index in [4.69, 9.17) is 0 Å². The minimum Gasteiger partial charge on any atom is -0.281 e. The van der Waals surface area contributed by atoms with Crippen molar-refractivity contribution in [1.29, 1.82) is 0 Å². The summed E-state index contributed by atoms with van der Waals surface area (Å²) in [6.07, 6.45) is 1.76. The summed E-state index contributed by atoms with van der Waals surface area (Å²) in [6.45, 7) is 4.21. The Morgan fingerprint density at radius 1 is 1.13 bits per heavy atom. The first-order valence-electron chi connectivity index (χ1n) is 4.95. The Hall–Kier alpha value is -1.90. The predicted molar refractivity (Wildman–Crippen MR) is 60.0 cm³/mol. The molecule has 0 aliphatic heterocycles. The molecule has 0 spiro atoms. The number of hydrogen-bond donors (Lipinski definition) is 0. The van der Waals surface area contributed by atoms with Crippen LogP contribution in [0.1, 0.15) is 11.1 Å². The molecular weight excluding hydrogens is 186 g/mol. The first-order valence-corrected chi connectivity index (χ1v) is 4.95. The van der Waals surface area contributed by atoms with Crippen LogP contribution in [-0.2, 0) is 0 Å².